The molecule has 1 aromatic carbocycles. The van der Waals surface area contributed by atoms with E-state index in [4.69, 9.17) is 4.74 Å². The number of hydrogen-bond acceptors (Lipinski definition) is 5. The average molecular weight is 263 g/mol. The summed E-state index contributed by atoms with van der Waals surface area (Å²) in [5.74, 6) is 1.18. The van der Waals surface area contributed by atoms with Crippen molar-refractivity contribution >= 4 is 29.1 Å². The van der Waals surface area contributed by atoms with Gasteiger partial charge in [-0.15, -0.1) is 5.10 Å². The number of benzene rings is 1. The zero-order chi connectivity index (χ0) is 12.8. The molecule has 1 N–H and O–H groups in total. The molecule has 5 nitrogen and oxygen atoms in total. The Morgan fingerprint density at radius 1 is 1.56 bits per heavy atom. The van der Waals surface area contributed by atoms with E-state index in [0.29, 0.717) is 17.5 Å². The van der Waals surface area contributed by atoms with E-state index in [2.05, 4.69) is 15.5 Å². The number of ether oxygens (including phenoxy) is 1. The van der Waals surface area contributed by atoms with E-state index in [9.17, 15) is 4.79 Å². The second kappa shape index (κ2) is 6.20. The number of carbonyl (C=O) groups is 1. The first kappa shape index (κ1) is 12.6. The van der Waals surface area contributed by atoms with Crippen molar-refractivity contribution in [3.8, 4) is 5.75 Å². The summed E-state index contributed by atoms with van der Waals surface area (Å²) in [6.45, 7) is 2.57. The van der Waals surface area contributed by atoms with Gasteiger partial charge in [-0.25, -0.2) is 0 Å². The van der Waals surface area contributed by atoms with Gasteiger partial charge in [-0.2, -0.15) is 5.10 Å². The Bertz CT molecular complexity index is 500. The van der Waals surface area contributed by atoms with Crippen molar-refractivity contribution in [2.45, 2.75) is 6.92 Å². The standard InChI is InChI=1S/C12H13N3O2S/c1-2-17-10-5-3-4-9(6-10)7-13-15-12-14-11(16)8-18-12/h3-7H,2,8H2,1H3,(H,14,15,16). The topological polar surface area (TPSA) is 63.1 Å². The molecular formula is C12H13N3O2S. The lowest BCUT2D eigenvalue weighted by molar-refractivity contribution is -0.116. The van der Waals surface area contributed by atoms with Crippen molar-refractivity contribution in [3.05, 3.63) is 29.8 Å². The summed E-state index contributed by atoms with van der Waals surface area (Å²) in [7, 11) is 0. The second-order valence-corrected chi connectivity index (χ2v) is 4.46. The number of amidine groups is 1. The van der Waals surface area contributed by atoms with Gasteiger partial charge in [-0.3, -0.25) is 4.79 Å². The number of nitrogens with zero attached hydrogens (tertiary/aromatic N) is 2. The first-order valence-corrected chi connectivity index (χ1v) is 6.53. The number of rotatable bonds is 4. The van der Waals surface area contributed by atoms with Crippen LogP contribution in [0, 0.1) is 0 Å². The minimum absolute atomic E-state index is 0.0349. The molecule has 0 aromatic heterocycles. The predicted molar refractivity (Wildman–Crippen MR) is 73.2 cm³/mol. The van der Waals surface area contributed by atoms with Crippen molar-refractivity contribution in [3.63, 3.8) is 0 Å². The van der Waals surface area contributed by atoms with Crippen LogP contribution in [0.15, 0.2) is 34.5 Å². The van der Waals surface area contributed by atoms with Crippen LogP contribution < -0.4 is 10.1 Å². The third-order valence-corrected chi connectivity index (χ3v) is 2.97. The van der Waals surface area contributed by atoms with Gasteiger partial charge in [0.1, 0.15) is 5.75 Å². The number of amides is 1. The summed E-state index contributed by atoms with van der Waals surface area (Å²) in [6.07, 6.45) is 1.63. The molecule has 1 heterocycles. The zero-order valence-corrected chi connectivity index (χ0v) is 10.7. The fraction of sp³-hybridized carbons (Fsp3) is 0.250. The van der Waals surface area contributed by atoms with Crippen LogP contribution >= 0.6 is 11.8 Å². The van der Waals surface area contributed by atoms with Crippen molar-refractivity contribution in [2.24, 2.45) is 10.2 Å². The zero-order valence-electron chi connectivity index (χ0n) is 9.92. The molecule has 0 spiro atoms. The quantitative estimate of drug-likeness (QED) is 0.663. The number of carbonyl (C=O) groups excluding carboxylic acids is 1. The number of hydrogen-bond donors (Lipinski definition) is 1. The van der Waals surface area contributed by atoms with Gasteiger partial charge >= 0.3 is 0 Å². The summed E-state index contributed by atoms with van der Waals surface area (Å²) < 4.78 is 5.38. The van der Waals surface area contributed by atoms with E-state index in [0.717, 1.165) is 11.3 Å². The molecule has 0 saturated carbocycles. The van der Waals surface area contributed by atoms with Gasteiger partial charge in [0.05, 0.1) is 18.6 Å². The third kappa shape index (κ3) is 3.59. The lowest BCUT2D eigenvalue weighted by Crippen LogP contribution is -2.19. The Hall–Kier alpha value is -1.82. The Kier molecular flexibility index (Phi) is 4.35. The predicted octanol–water partition coefficient (Wildman–Crippen LogP) is 1.64. The molecule has 1 saturated heterocycles. The summed E-state index contributed by atoms with van der Waals surface area (Å²) in [5, 5.41) is 11.0. The Morgan fingerprint density at radius 3 is 3.17 bits per heavy atom. The summed E-state index contributed by atoms with van der Waals surface area (Å²) in [4.78, 5) is 10.9. The molecule has 0 bridgehead atoms. The molecule has 1 aliphatic rings. The van der Waals surface area contributed by atoms with Crippen LogP contribution in [-0.2, 0) is 4.79 Å². The van der Waals surface area contributed by atoms with E-state index >= 15 is 0 Å². The SMILES string of the molecule is CCOc1cccc(C=NN=C2NC(=O)CS2)c1. The Morgan fingerprint density at radius 2 is 2.44 bits per heavy atom. The van der Waals surface area contributed by atoms with E-state index in [1.54, 1.807) is 6.21 Å². The third-order valence-electron chi connectivity index (χ3n) is 2.11. The highest BCUT2D eigenvalue weighted by Gasteiger charge is 2.15. The summed E-state index contributed by atoms with van der Waals surface area (Å²) in [5.41, 5.74) is 0.902. The van der Waals surface area contributed by atoms with Crippen LogP contribution in [0.25, 0.3) is 0 Å². The molecule has 1 aromatic rings. The Labute approximate surface area is 109 Å². The lowest BCUT2D eigenvalue weighted by atomic mass is 10.2. The smallest absolute Gasteiger partial charge is 0.236 e. The lowest BCUT2D eigenvalue weighted by Gasteiger charge is -2.02. The maximum Gasteiger partial charge on any atom is 0.236 e. The number of thioether (sulfide) groups is 1. The largest absolute Gasteiger partial charge is 0.494 e. The fourth-order valence-corrected chi connectivity index (χ4v) is 2.01. The van der Waals surface area contributed by atoms with Crippen molar-refractivity contribution in [1.29, 1.82) is 0 Å². The van der Waals surface area contributed by atoms with Crippen molar-refractivity contribution in [2.75, 3.05) is 12.4 Å². The summed E-state index contributed by atoms with van der Waals surface area (Å²) in [6, 6.07) is 7.57. The molecular weight excluding hydrogens is 250 g/mol. The van der Waals surface area contributed by atoms with E-state index < -0.39 is 0 Å². The van der Waals surface area contributed by atoms with Crippen LogP contribution in [0.3, 0.4) is 0 Å². The molecule has 0 aliphatic carbocycles. The number of nitrogens with one attached hydrogen (secondary N) is 1. The van der Waals surface area contributed by atoms with Gasteiger partial charge in [-0.05, 0) is 24.6 Å². The minimum Gasteiger partial charge on any atom is -0.494 e. The van der Waals surface area contributed by atoms with Crippen LogP contribution in [-0.4, -0.2) is 29.6 Å². The van der Waals surface area contributed by atoms with Gasteiger partial charge in [-0.1, -0.05) is 23.9 Å². The van der Waals surface area contributed by atoms with Crippen LogP contribution in [0.1, 0.15) is 12.5 Å². The first-order valence-electron chi connectivity index (χ1n) is 5.54. The van der Waals surface area contributed by atoms with Crippen LogP contribution in [0.4, 0.5) is 0 Å². The van der Waals surface area contributed by atoms with Gasteiger partial charge in [0.2, 0.25) is 5.91 Å². The van der Waals surface area contributed by atoms with Gasteiger partial charge in [0, 0.05) is 0 Å². The highest BCUT2D eigenvalue weighted by Crippen LogP contribution is 2.12. The van der Waals surface area contributed by atoms with E-state index in [1.165, 1.54) is 11.8 Å². The molecule has 1 aliphatic heterocycles. The maximum atomic E-state index is 10.9. The molecule has 2 rings (SSSR count). The monoisotopic (exact) mass is 263 g/mol. The molecule has 18 heavy (non-hydrogen) atoms. The van der Waals surface area contributed by atoms with Crippen LogP contribution in [0.5, 0.6) is 5.75 Å². The summed E-state index contributed by atoms with van der Waals surface area (Å²) >= 11 is 1.35. The highest BCUT2D eigenvalue weighted by atomic mass is 32.2. The van der Waals surface area contributed by atoms with Crippen molar-refractivity contribution < 1.29 is 9.53 Å². The Balaban J connectivity index is 2.00. The molecule has 0 atom stereocenters. The molecule has 1 fully saturated rings. The fourth-order valence-electron chi connectivity index (χ4n) is 1.38. The molecule has 94 valence electrons. The van der Waals surface area contributed by atoms with Gasteiger partial charge < -0.3 is 10.1 Å². The molecule has 0 unspecified atom stereocenters. The average Bonchev–Trinajstić information content (AvgIpc) is 2.76. The maximum absolute atomic E-state index is 10.9. The highest BCUT2D eigenvalue weighted by molar-refractivity contribution is 8.15. The molecule has 0 radical (unpaired) electrons. The molecule has 1 amide bonds. The first-order chi connectivity index (χ1) is 8.78. The van der Waals surface area contributed by atoms with Gasteiger partial charge in [0.25, 0.3) is 0 Å². The van der Waals surface area contributed by atoms with Crippen LogP contribution in [0.2, 0.25) is 0 Å². The van der Waals surface area contributed by atoms with Gasteiger partial charge in [0.15, 0.2) is 5.17 Å². The minimum atomic E-state index is -0.0349. The van der Waals surface area contributed by atoms with Crippen molar-refractivity contribution in [1.82, 2.24) is 5.32 Å². The molecule has 6 heteroatoms. The second-order valence-electron chi connectivity index (χ2n) is 3.49. The van der Waals surface area contributed by atoms with E-state index in [-0.39, 0.29) is 5.91 Å². The van der Waals surface area contributed by atoms with E-state index in [1.807, 2.05) is 31.2 Å². The normalized spacial score (nSPS) is 17.4.